The van der Waals surface area contributed by atoms with E-state index >= 15 is 0 Å². The Morgan fingerprint density at radius 2 is 1.97 bits per heavy atom. The molecule has 2 aromatic rings. The average Bonchev–Trinajstić information content (AvgIpc) is 2.90. The molecular weight excluding hydrogens is 428 g/mol. The zero-order valence-corrected chi connectivity index (χ0v) is 18.5. The van der Waals surface area contributed by atoms with E-state index in [1.54, 1.807) is 4.57 Å². The standard InChI is InChI=1S/C21H26ClF2N5O2/c1-11(2)7-16(19(25)30)26-21(31)18-17-10-28(3)5-4-6-29(17)20(27-18)12-8-13(22)15(24)9-14(12)23/h8-9,11,16H,4-7,10H2,1-3H3,(H2,25,30)(H,26,31). The van der Waals surface area contributed by atoms with E-state index in [2.05, 4.69) is 10.3 Å². The summed E-state index contributed by atoms with van der Waals surface area (Å²) in [5, 5.41) is 2.42. The minimum absolute atomic E-state index is 0.00452. The van der Waals surface area contributed by atoms with Gasteiger partial charge in [-0.1, -0.05) is 25.4 Å². The molecule has 1 aliphatic heterocycles. The largest absolute Gasteiger partial charge is 0.368 e. The molecule has 0 spiro atoms. The molecule has 3 rings (SSSR count). The number of rotatable bonds is 6. The fourth-order valence-electron chi connectivity index (χ4n) is 3.75. The van der Waals surface area contributed by atoms with Crippen molar-refractivity contribution in [3.63, 3.8) is 0 Å². The minimum atomic E-state index is -0.874. The maximum atomic E-state index is 14.6. The van der Waals surface area contributed by atoms with Crippen LogP contribution in [0.3, 0.4) is 0 Å². The summed E-state index contributed by atoms with van der Waals surface area (Å²) in [6, 6.07) is 1.02. The zero-order valence-electron chi connectivity index (χ0n) is 17.7. The molecule has 10 heteroatoms. The Hall–Kier alpha value is -2.52. The quantitative estimate of drug-likeness (QED) is 0.657. The van der Waals surface area contributed by atoms with Crippen molar-refractivity contribution in [1.29, 1.82) is 0 Å². The molecule has 7 nitrogen and oxygen atoms in total. The van der Waals surface area contributed by atoms with Gasteiger partial charge in [0.05, 0.1) is 16.3 Å². The number of halogens is 3. The summed E-state index contributed by atoms with van der Waals surface area (Å²) >= 11 is 5.88. The van der Waals surface area contributed by atoms with Crippen molar-refractivity contribution in [3.8, 4) is 11.4 Å². The van der Waals surface area contributed by atoms with Crippen LogP contribution in [0.4, 0.5) is 8.78 Å². The number of imidazole rings is 1. The molecule has 0 saturated heterocycles. The van der Waals surface area contributed by atoms with Crippen LogP contribution in [0.2, 0.25) is 5.02 Å². The van der Waals surface area contributed by atoms with E-state index in [-0.39, 0.29) is 28.0 Å². The van der Waals surface area contributed by atoms with Gasteiger partial charge in [0.1, 0.15) is 23.5 Å². The third-order valence-corrected chi connectivity index (χ3v) is 5.53. The lowest BCUT2D eigenvalue weighted by Gasteiger charge is -2.18. The summed E-state index contributed by atoms with van der Waals surface area (Å²) in [7, 11) is 1.91. The summed E-state index contributed by atoms with van der Waals surface area (Å²) in [5.74, 6) is -2.58. The van der Waals surface area contributed by atoms with Crippen LogP contribution in [-0.2, 0) is 17.9 Å². The topological polar surface area (TPSA) is 93.2 Å². The predicted molar refractivity (Wildman–Crippen MR) is 113 cm³/mol. The molecule has 2 amide bonds. The molecule has 0 fully saturated rings. The van der Waals surface area contributed by atoms with Crippen molar-refractivity contribution in [1.82, 2.24) is 19.8 Å². The number of fused-ring (bicyclic) bond motifs is 1. The number of primary amides is 1. The number of amides is 2. The third kappa shape index (κ3) is 5.04. The Kier molecular flexibility index (Phi) is 6.96. The molecule has 0 aliphatic carbocycles. The Morgan fingerprint density at radius 3 is 2.61 bits per heavy atom. The van der Waals surface area contributed by atoms with Crippen molar-refractivity contribution in [2.45, 2.75) is 45.8 Å². The van der Waals surface area contributed by atoms with Crippen LogP contribution < -0.4 is 11.1 Å². The van der Waals surface area contributed by atoms with Gasteiger partial charge in [-0.05, 0) is 38.4 Å². The molecule has 0 saturated carbocycles. The Labute approximate surface area is 184 Å². The number of aromatic nitrogens is 2. The third-order valence-electron chi connectivity index (χ3n) is 5.24. The van der Waals surface area contributed by atoms with Crippen molar-refractivity contribution in [2.24, 2.45) is 11.7 Å². The highest BCUT2D eigenvalue weighted by atomic mass is 35.5. The van der Waals surface area contributed by atoms with Crippen LogP contribution in [0.15, 0.2) is 12.1 Å². The number of hydrogen-bond donors (Lipinski definition) is 2. The lowest BCUT2D eigenvalue weighted by molar-refractivity contribution is -0.120. The second-order valence-electron chi connectivity index (χ2n) is 8.28. The van der Waals surface area contributed by atoms with E-state index in [9.17, 15) is 18.4 Å². The predicted octanol–water partition coefficient (Wildman–Crippen LogP) is 2.95. The fourth-order valence-corrected chi connectivity index (χ4v) is 3.91. The van der Waals surface area contributed by atoms with Crippen LogP contribution in [-0.4, -0.2) is 45.9 Å². The maximum Gasteiger partial charge on any atom is 0.272 e. The van der Waals surface area contributed by atoms with Gasteiger partial charge >= 0.3 is 0 Å². The van der Waals surface area contributed by atoms with Crippen molar-refractivity contribution < 1.29 is 18.4 Å². The van der Waals surface area contributed by atoms with E-state index in [4.69, 9.17) is 17.3 Å². The van der Waals surface area contributed by atoms with Crippen LogP contribution in [0, 0.1) is 17.6 Å². The first-order valence-electron chi connectivity index (χ1n) is 10.1. The molecule has 0 bridgehead atoms. The normalized spacial score (nSPS) is 15.5. The van der Waals surface area contributed by atoms with Gasteiger partial charge in [0, 0.05) is 19.2 Å². The van der Waals surface area contributed by atoms with E-state index < -0.39 is 29.5 Å². The maximum absolute atomic E-state index is 14.6. The van der Waals surface area contributed by atoms with Gasteiger partial charge in [-0.2, -0.15) is 0 Å². The van der Waals surface area contributed by atoms with E-state index in [1.807, 2.05) is 25.8 Å². The van der Waals surface area contributed by atoms with Crippen LogP contribution in [0.1, 0.15) is 42.9 Å². The summed E-state index contributed by atoms with van der Waals surface area (Å²) in [6.07, 6.45) is 1.13. The summed E-state index contributed by atoms with van der Waals surface area (Å²) in [6.45, 7) is 5.50. The highest BCUT2D eigenvalue weighted by Crippen LogP contribution is 2.31. The van der Waals surface area contributed by atoms with Gasteiger partial charge < -0.3 is 20.5 Å². The Balaban J connectivity index is 2.08. The molecule has 31 heavy (non-hydrogen) atoms. The van der Waals surface area contributed by atoms with Gasteiger partial charge in [0.25, 0.3) is 5.91 Å². The van der Waals surface area contributed by atoms with Crippen molar-refractivity contribution in [2.75, 3.05) is 13.6 Å². The van der Waals surface area contributed by atoms with Gasteiger partial charge in [0.15, 0.2) is 5.69 Å². The van der Waals surface area contributed by atoms with E-state index in [0.717, 1.165) is 13.0 Å². The number of carbonyl (C=O) groups excluding carboxylic acids is 2. The molecular formula is C21H26ClF2N5O2. The lowest BCUT2D eigenvalue weighted by Crippen LogP contribution is -2.45. The Bertz CT molecular complexity index is 1010. The number of benzene rings is 1. The summed E-state index contributed by atoms with van der Waals surface area (Å²) in [4.78, 5) is 31.3. The van der Waals surface area contributed by atoms with Gasteiger partial charge in [-0.15, -0.1) is 0 Å². The van der Waals surface area contributed by atoms with Gasteiger partial charge in [0.2, 0.25) is 5.91 Å². The first kappa shape index (κ1) is 23.1. The Morgan fingerprint density at radius 1 is 1.26 bits per heavy atom. The SMILES string of the molecule is CC(C)CC(NC(=O)c1nc(-c2cc(Cl)c(F)cc2F)n2c1CN(C)CCC2)C(N)=O. The monoisotopic (exact) mass is 453 g/mol. The summed E-state index contributed by atoms with van der Waals surface area (Å²) in [5.41, 5.74) is 6.13. The number of nitrogens with zero attached hydrogens (tertiary/aromatic N) is 3. The second-order valence-corrected chi connectivity index (χ2v) is 8.69. The number of hydrogen-bond acceptors (Lipinski definition) is 4. The van der Waals surface area contributed by atoms with Crippen LogP contribution in [0.5, 0.6) is 0 Å². The zero-order chi connectivity index (χ0) is 22.9. The highest BCUT2D eigenvalue weighted by Gasteiger charge is 2.29. The average molecular weight is 454 g/mol. The highest BCUT2D eigenvalue weighted by molar-refractivity contribution is 6.31. The van der Waals surface area contributed by atoms with Gasteiger partial charge in [-0.3, -0.25) is 9.59 Å². The van der Waals surface area contributed by atoms with Gasteiger partial charge in [-0.25, -0.2) is 13.8 Å². The smallest absolute Gasteiger partial charge is 0.272 e. The molecule has 168 valence electrons. The van der Waals surface area contributed by atoms with Crippen molar-refractivity contribution >= 4 is 23.4 Å². The number of nitrogens with two attached hydrogens (primary N) is 1. The molecule has 1 aromatic heterocycles. The van der Waals surface area contributed by atoms with Crippen LogP contribution in [0.25, 0.3) is 11.4 Å². The number of nitrogens with one attached hydrogen (secondary N) is 1. The molecule has 1 atom stereocenters. The molecule has 0 radical (unpaired) electrons. The molecule has 1 aliphatic rings. The summed E-state index contributed by atoms with van der Waals surface area (Å²) < 4.78 is 30.0. The molecule has 2 heterocycles. The number of carbonyl (C=O) groups is 2. The second kappa shape index (κ2) is 9.32. The van der Waals surface area contributed by atoms with Crippen LogP contribution >= 0.6 is 11.6 Å². The van der Waals surface area contributed by atoms with E-state index in [0.29, 0.717) is 31.3 Å². The first-order valence-corrected chi connectivity index (χ1v) is 10.5. The molecule has 1 aromatic carbocycles. The van der Waals surface area contributed by atoms with Crippen molar-refractivity contribution in [3.05, 3.63) is 40.2 Å². The molecule has 3 N–H and O–H groups in total. The molecule has 1 unspecified atom stereocenters. The lowest BCUT2D eigenvalue weighted by atomic mass is 10.0. The van der Waals surface area contributed by atoms with E-state index in [1.165, 1.54) is 6.07 Å². The first-order chi connectivity index (χ1) is 14.6. The minimum Gasteiger partial charge on any atom is -0.368 e. The fraction of sp³-hybridized carbons (Fsp3) is 0.476.